The minimum absolute atomic E-state index is 0.576. The molecule has 1 aliphatic rings. The second-order valence-electron chi connectivity index (χ2n) is 4.82. The first-order valence-electron chi connectivity index (χ1n) is 6.77. The monoisotopic (exact) mass is 254 g/mol. The van der Waals surface area contributed by atoms with Crippen molar-refractivity contribution in [3.05, 3.63) is 54.4 Å². The van der Waals surface area contributed by atoms with Crippen molar-refractivity contribution in [2.45, 2.75) is 31.8 Å². The molecule has 19 heavy (non-hydrogen) atoms. The predicted molar refractivity (Wildman–Crippen MR) is 75.0 cm³/mol. The molecule has 0 saturated heterocycles. The number of rotatable bonds is 4. The zero-order chi connectivity index (χ0) is 12.9. The van der Waals surface area contributed by atoms with E-state index in [1.165, 1.54) is 12.8 Å². The molecule has 0 aliphatic heterocycles. The molecular weight excluding hydrogens is 236 g/mol. The van der Waals surface area contributed by atoms with E-state index in [4.69, 9.17) is 0 Å². The molecule has 4 nitrogen and oxygen atoms in total. The second kappa shape index (κ2) is 5.80. The third-order valence-corrected chi connectivity index (χ3v) is 3.37. The van der Waals surface area contributed by atoms with Crippen LogP contribution >= 0.6 is 0 Å². The molecule has 1 unspecified atom stereocenters. The number of nitrogens with zero attached hydrogens (tertiary/aromatic N) is 3. The van der Waals surface area contributed by atoms with E-state index in [-0.39, 0.29) is 0 Å². The van der Waals surface area contributed by atoms with E-state index in [2.05, 4.69) is 27.7 Å². The number of allylic oxidation sites excluding steroid dienone is 1. The molecule has 1 aromatic heterocycles. The lowest BCUT2D eigenvalue weighted by Crippen LogP contribution is -2.29. The summed E-state index contributed by atoms with van der Waals surface area (Å²) < 4.78 is 0. The maximum Gasteiger partial charge on any atom is 0.0969 e. The average Bonchev–Trinajstić information content (AvgIpc) is 2.96. The van der Waals surface area contributed by atoms with Crippen LogP contribution in [0, 0.1) is 0 Å². The van der Waals surface area contributed by atoms with Crippen molar-refractivity contribution < 1.29 is 0 Å². The molecule has 0 spiro atoms. The van der Waals surface area contributed by atoms with Crippen LogP contribution in [0.3, 0.4) is 0 Å². The maximum atomic E-state index is 4.49. The first-order valence-corrected chi connectivity index (χ1v) is 6.77. The van der Waals surface area contributed by atoms with Gasteiger partial charge in [0.05, 0.1) is 17.6 Å². The summed E-state index contributed by atoms with van der Waals surface area (Å²) in [6, 6.07) is 10.6. The smallest absolute Gasteiger partial charge is 0.0969 e. The Morgan fingerprint density at radius 1 is 1.21 bits per heavy atom. The van der Waals surface area contributed by atoms with Crippen molar-refractivity contribution >= 4 is 0 Å². The first-order chi connectivity index (χ1) is 9.42. The molecule has 0 saturated carbocycles. The summed E-state index contributed by atoms with van der Waals surface area (Å²) in [6.45, 7) is 0.783. The van der Waals surface area contributed by atoms with Gasteiger partial charge >= 0.3 is 0 Å². The molecule has 1 atom stereocenters. The predicted octanol–water partition coefficient (Wildman–Crippen LogP) is 2.47. The van der Waals surface area contributed by atoms with Crippen LogP contribution in [0.15, 0.2) is 48.7 Å². The standard InChI is InChI=1S/C15H18N4/c1-3-7-13(8-4-1)16-11-14-12-17-19(18-14)15-9-5-2-6-10-15/h1-3,5-6,9-10,12-13,16H,4,7-8,11H2. The van der Waals surface area contributed by atoms with Crippen LogP contribution in [0.4, 0.5) is 0 Å². The molecule has 0 amide bonds. The third kappa shape index (κ3) is 3.09. The zero-order valence-corrected chi connectivity index (χ0v) is 10.9. The molecule has 2 aromatic rings. The van der Waals surface area contributed by atoms with Crippen molar-refractivity contribution in [3.8, 4) is 5.69 Å². The van der Waals surface area contributed by atoms with Gasteiger partial charge < -0.3 is 5.32 Å². The summed E-state index contributed by atoms with van der Waals surface area (Å²) in [4.78, 5) is 1.68. The Labute approximate surface area is 113 Å². The fourth-order valence-corrected chi connectivity index (χ4v) is 2.29. The van der Waals surface area contributed by atoms with E-state index in [1.807, 2.05) is 36.5 Å². The van der Waals surface area contributed by atoms with Crippen molar-refractivity contribution in [1.29, 1.82) is 0 Å². The maximum absolute atomic E-state index is 4.49. The number of aromatic nitrogens is 3. The second-order valence-corrected chi connectivity index (χ2v) is 4.82. The van der Waals surface area contributed by atoms with Crippen LogP contribution in [0.1, 0.15) is 25.0 Å². The summed E-state index contributed by atoms with van der Waals surface area (Å²) in [5.74, 6) is 0. The summed E-state index contributed by atoms with van der Waals surface area (Å²) in [5.41, 5.74) is 1.98. The molecule has 0 bridgehead atoms. The lowest BCUT2D eigenvalue weighted by Gasteiger charge is -2.18. The van der Waals surface area contributed by atoms with Gasteiger partial charge in [0.25, 0.3) is 0 Å². The Morgan fingerprint density at radius 3 is 2.89 bits per heavy atom. The van der Waals surface area contributed by atoms with Crippen LogP contribution in [0.2, 0.25) is 0 Å². The minimum Gasteiger partial charge on any atom is -0.308 e. The van der Waals surface area contributed by atoms with Gasteiger partial charge in [0.15, 0.2) is 0 Å². The Balaban J connectivity index is 1.60. The van der Waals surface area contributed by atoms with Crippen LogP contribution in [0.5, 0.6) is 0 Å². The van der Waals surface area contributed by atoms with E-state index in [9.17, 15) is 0 Å². The van der Waals surface area contributed by atoms with Crippen molar-refractivity contribution in [2.75, 3.05) is 0 Å². The lowest BCUT2D eigenvalue weighted by molar-refractivity contribution is 0.470. The van der Waals surface area contributed by atoms with Gasteiger partial charge in [-0.25, -0.2) is 0 Å². The first kappa shape index (κ1) is 12.1. The van der Waals surface area contributed by atoms with Crippen molar-refractivity contribution in [3.63, 3.8) is 0 Å². The van der Waals surface area contributed by atoms with E-state index in [0.717, 1.165) is 24.3 Å². The summed E-state index contributed by atoms with van der Waals surface area (Å²) in [6.07, 6.45) is 9.84. The van der Waals surface area contributed by atoms with Crippen molar-refractivity contribution in [1.82, 2.24) is 20.3 Å². The molecule has 98 valence electrons. The Morgan fingerprint density at radius 2 is 2.11 bits per heavy atom. The van der Waals surface area contributed by atoms with Gasteiger partial charge in [-0.15, -0.1) is 0 Å². The number of benzene rings is 1. The fourth-order valence-electron chi connectivity index (χ4n) is 2.29. The Kier molecular flexibility index (Phi) is 3.70. The lowest BCUT2D eigenvalue weighted by atomic mass is 10.0. The summed E-state index contributed by atoms with van der Waals surface area (Å²) in [5, 5.41) is 12.3. The number of para-hydroxylation sites is 1. The summed E-state index contributed by atoms with van der Waals surface area (Å²) in [7, 11) is 0. The van der Waals surface area contributed by atoms with Crippen LogP contribution < -0.4 is 5.32 Å². The summed E-state index contributed by atoms with van der Waals surface area (Å²) >= 11 is 0. The van der Waals surface area contributed by atoms with Crippen molar-refractivity contribution in [2.24, 2.45) is 0 Å². The van der Waals surface area contributed by atoms with E-state index in [0.29, 0.717) is 6.04 Å². The highest BCUT2D eigenvalue weighted by Gasteiger charge is 2.10. The molecule has 0 fully saturated rings. The normalized spacial score (nSPS) is 18.6. The molecule has 1 aliphatic carbocycles. The fraction of sp³-hybridized carbons (Fsp3) is 0.333. The quantitative estimate of drug-likeness (QED) is 0.852. The largest absolute Gasteiger partial charge is 0.308 e. The van der Waals surface area contributed by atoms with Crippen LogP contribution in [-0.2, 0) is 6.54 Å². The third-order valence-electron chi connectivity index (χ3n) is 3.37. The van der Waals surface area contributed by atoms with E-state index >= 15 is 0 Å². The van der Waals surface area contributed by atoms with Gasteiger partial charge in [-0.05, 0) is 31.4 Å². The Bertz CT molecular complexity index is 544. The highest BCUT2D eigenvalue weighted by Crippen LogP contribution is 2.11. The van der Waals surface area contributed by atoms with E-state index in [1.54, 1.807) is 4.80 Å². The van der Waals surface area contributed by atoms with Gasteiger partial charge in [-0.2, -0.15) is 15.0 Å². The molecule has 0 radical (unpaired) electrons. The molecule has 1 N–H and O–H groups in total. The topological polar surface area (TPSA) is 42.7 Å². The molecule has 1 aromatic carbocycles. The Hall–Kier alpha value is -1.94. The van der Waals surface area contributed by atoms with Gasteiger partial charge in [0.1, 0.15) is 0 Å². The molecular formula is C15H18N4. The number of hydrogen-bond donors (Lipinski definition) is 1. The van der Waals surface area contributed by atoms with Crippen LogP contribution in [0.25, 0.3) is 5.69 Å². The molecule has 4 heteroatoms. The minimum atomic E-state index is 0.576. The van der Waals surface area contributed by atoms with Gasteiger partial charge in [-0.3, -0.25) is 0 Å². The van der Waals surface area contributed by atoms with Gasteiger partial charge in [0.2, 0.25) is 0 Å². The number of hydrogen-bond acceptors (Lipinski definition) is 3. The van der Waals surface area contributed by atoms with Gasteiger partial charge in [0, 0.05) is 12.6 Å². The highest BCUT2D eigenvalue weighted by atomic mass is 15.5. The highest BCUT2D eigenvalue weighted by molar-refractivity contribution is 5.28. The molecule has 3 rings (SSSR count). The average molecular weight is 254 g/mol. The van der Waals surface area contributed by atoms with Gasteiger partial charge in [-0.1, -0.05) is 30.4 Å². The molecule has 1 heterocycles. The number of nitrogens with one attached hydrogen (secondary N) is 1. The van der Waals surface area contributed by atoms with Crippen LogP contribution in [-0.4, -0.2) is 21.0 Å². The zero-order valence-electron chi connectivity index (χ0n) is 10.9. The van der Waals surface area contributed by atoms with E-state index < -0.39 is 0 Å². The SMILES string of the molecule is C1=CCC(NCc2cnn(-c3ccccc3)n2)CC1.